The second-order valence-electron chi connectivity index (χ2n) is 6.84. The van der Waals surface area contributed by atoms with Gasteiger partial charge in [-0.1, -0.05) is 24.3 Å². The third-order valence-electron chi connectivity index (χ3n) is 4.10. The van der Waals surface area contributed by atoms with Crippen LogP contribution in [0.4, 0.5) is 0 Å². The van der Waals surface area contributed by atoms with Crippen LogP contribution in [0.25, 0.3) is 11.1 Å². The topological polar surface area (TPSA) is 85.3 Å². The summed E-state index contributed by atoms with van der Waals surface area (Å²) in [5.74, 6) is -0.131. The summed E-state index contributed by atoms with van der Waals surface area (Å²) in [7, 11) is 5.35. The Morgan fingerprint density at radius 2 is 1.72 bits per heavy atom. The number of carboxylic acids is 1. The molecule has 0 fully saturated rings. The Balaban J connectivity index is 2.00. The van der Waals surface area contributed by atoms with E-state index in [9.17, 15) is 9.59 Å². The number of rotatable bonds is 11. The highest BCUT2D eigenvalue weighted by molar-refractivity contribution is 5.76. The molecule has 0 heterocycles. The Morgan fingerprint density at radius 1 is 1.00 bits per heavy atom. The van der Waals surface area contributed by atoms with Crippen LogP contribution >= 0.6 is 0 Å². The zero-order valence-electron chi connectivity index (χ0n) is 17.0. The van der Waals surface area contributed by atoms with E-state index in [1.54, 1.807) is 7.11 Å². The molecule has 0 saturated heterocycles. The molecule has 2 rings (SSSR count). The van der Waals surface area contributed by atoms with Crippen molar-refractivity contribution < 1.29 is 28.9 Å². The second kappa shape index (κ2) is 11.1. The van der Waals surface area contributed by atoms with Gasteiger partial charge >= 0.3 is 11.9 Å². The van der Waals surface area contributed by atoms with Gasteiger partial charge in [-0.25, -0.2) is 0 Å². The van der Waals surface area contributed by atoms with Gasteiger partial charge in [0.25, 0.3) is 0 Å². The molecule has 29 heavy (non-hydrogen) atoms. The number of methoxy groups -OCH3 is 1. The van der Waals surface area contributed by atoms with Gasteiger partial charge in [-0.05, 0) is 49.5 Å². The molecule has 0 aliphatic carbocycles. The highest BCUT2D eigenvalue weighted by Crippen LogP contribution is 2.26. The summed E-state index contributed by atoms with van der Waals surface area (Å²) in [5.41, 5.74) is 2.02. The summed E-state index contributed by atoms with van der Waals surface area (Å²) >= 11 is 0. The number of ether oxygens (including phenoxy) is 3. The van der Waals surface area contributed by atoms with Gasteiger partial charge in [0.2, 0.25) is 0 Å². The Kier molecular flexibility index (Phi) is 8.48. The van der Waals surface area contributed by atoms with E-state index in [1.165, 1.54) is 0 Å². The number of carbonyl (C=O) groups excluding carboxylic acids is 1. The van der Waals surface area contributed by atoms with Crippen LogP contribution in [0.5, 0.6) is 11.5 Å². The quantitative estimate of drug-likeness (QED) is 0.579. The molecule has 1 atom stereocenters. The van der Waals surface area contributed by atoms with E-state index in [4.69, 9.17) is 19.3 Å². The molecule has 0 aliphatic rings. The van der Waals surface area contributed by atoms with Crippen molar-refractivity contribution in [2.24, 2.45) is 0 Å². The number of hydrogen-bond acceptors (Lipinski definition) is 6. The van der Waals surface area contributed by atoms with Gasteiger partial charge in [0.05, 0.1) is 20.0 Å². The number of hydrogen-bond donors (Lipinski definition) is 1. The Morgan fingerprint density at radius 3 is 2.34 bits per heavy atom. The minimum atomic E-state index is -1.03. The first-order chi connectivity index (χ1) is 13.9. The average molecular weight is 401 g/mol. The molecule has 0 saturated carbocycles. The zero-order chi connectivity index (χ0) is 21.2. The predicted octanol–water partition coefficient (Wildman–Crippen LogP) is 3.08. The molecule has 7 nitrogen and oxygen atoms in total. The lowest BCUT2D eigenvalue weighted by atomic mass is 10.1. The normalized spacial score (nSPS) is 11.7. The van der Waals surface area contributed by atoms with E-state index >= 15 is 0 Å². The second-order valence-corrected chi connectivity index (χ2v) is 6.84. The number of carbonyl (C=O) groups is 2. The summed E-state index contributed by atoms with van der Waals surface area (Å²) in [5, 5.41) is 8.70. The van der Waals surface area contributed by atoms with E-state index in [-0.39, 0.29) is 19.4 Å². The van der Waals surface area contributed by atoms with Gasteiger partial charge in [0, 0.05) is 6.54 Å². The summed E-state index contributed by atoms with van der Waals surface area (Å²) in [6.45, 7) is 0.639. The zero-order valence-corrected chi connectivity index (χ0v) is 17.0. The maximum Gasteiger partial charge on any atom is 0.306 e. The summed E-state index contributed by atoms with van der Waals surface area (Å²) in [4.78, 5) is 24.4. The molecule has 0 amide bonds. The predicted molar refractivity (Wildman–Crippen MR) is 109 cm³/mol. The van der Waals surface area contributed by atoms with Crippen molar-refractivity contribution in [3.63, 3.8) is 0 Å². The van der Waals surface area contributed by atoms with Crippen molar-refractivity contribution in [3.05, 3.63) is 48.5 Å². The van der Waals surface area contributed by atoms with Gasteiger partial charge in [-0.3, -0.25) is 9.59 Å². The molecule has 0 bridgehead atoms. The molecule has 7 heteroatoms. The van der Waals surface area contributed by atoms with Crippen LogP contribution in [0.15, 0.2) is 48.5 Å². The van der Waals surface area contributed by atoms with Crippen LogP contribution in [0.1, 0.15) is 12.8 Å². The molecule has 2 aromatic rings. The fourth-order valence-electron chi connectivity index (χ4n) is 2.72. The van der Waals surface area contributed by atoms with Crippen LogP contribution in [0.2, 0.25) is 0 Å². The minimum absolute atomic E-state index is 0.160. The number of esters is 1. The van der Waals surface area contributed by atoms with Crippen LogP contribution in [0, 0.1) is 0 Å². The van der Waals surface area contributed by atoms with E-state index in [0.717, 1.165) is 16.9 Å². The van der Waals surface area contributed by atoms with Gasteiger partial charge < -0.3 is 24.2 Å². The molecule has 0 aliphatic heterocycles. The van der Waals surface area contributed by atoms with Crippen LogP contribution in [0.3, 0.4) is 0 Å². The first kappa shape index (κ1) is 22.2. The lowest BCUT2D eigenvalue weighted by molar-refractivity contribution is -0.153. The molecule has 0 radical (unpaired) electrons. The maximum atomic E-state index is 11.9. The molecule has 0 spiro atoms. The van der Waals surface area contributed by atoms with E-state index in [2.05, 4.69) is 0 Å². The van der Waals surface area contributed by atoms with Gasteiger partial charge in [0.15, 0.2) is 0 Å². The van der Waals surface area contributed by atoms with Crippen LogP contribution < -0.4 is 9.47 Å². The van der Waals surface area contributed by atoms with Crippen molar-refractivity contribution in [1.82, 2.24) is 4.90 Å². The molecule has 2 aromatic carbocycles. The van der Waals surface area contributed by atoms with Crippen molar-refractivity contribution in [1.29, 1.82) is 0 Å². The molecule has 156 valence electrons. The maximum absolute atomic E-state index is 11.9. The van der Waals surface area contributed by atoms with E-state index in [1.807, 2.05) is 67.5 Å². The molecular weight excluding hydrogens is 374 g/mol. The smallest absolute Gasteiger partial charge is 0.306 e. The molecular formula is C22H27NO6. The van der Waals surface area contributed by atoms with Crippen molar-refractivity contribution in [2.45, 2.75) is 18.9 Å². The van der Waals surface area contributed by atoms with Crippen LogP contribution in [-0.2, 0) is 14.3 Å². The van der Waals surface area contributed by atoms with Gasteiger partial charge in [-0.2, -0.15) is 0 Å². The fraction of sp³-hybridized carbons (Fsp3) is 0.364. The number of benzene rings is 2. The fourth-order valence-corrected chi connectivity index (χ4v) is 2.72. The SMILES string of the molecule is COc1ccc(-c2cccc(OCC(CN(C)C)OC(=O)CCC(=O)O)c2)cc1. The highest BCUT2D eigenvalue weighted by Gasteiger charge is 2.17. The van der Waals surface area contributed by atoms with Crippen molar-refractivity contribution in [2.75, 3.05) is 34.4 Å². The molecule has 1 unspecified atom stereocenters. The van der Waals surface area contributed by atoms with Crippen molar-refractivity contribution >= 4 is 11.9 Å². The van der Waals surface area contributed by atoms with Crippen molar-refractivity contribution in [3.8, 4) is 22.6 Å². The Hall–Kier alpha value is -3.06. The van der Waals surface area contributed by atoms with Gasteiger partial charge in [0.1, 0.15) is 24.2 Å². The molecule has 1 N–H and O–H groups in total. The number of aliphatic carboxylic acids is 1. The third-order valence-corrected chi connectivity index (χ3v) is 4.10. The number of carboxylic acid groups (broad SMARTS) is 1. The third kappa shape index (κ3) is 7.83. The largest absolute Gasteiger partial charge is 0.497 e. The summed E-state index contributed by atoms with van der Waals surface area (Å²) in [6.07, 6.45) is -0.916. The summed E-state index contributed by atoms with van der Waals surface area (Å²) in [6, 6.07) is 15.4. The monoisotopic (exact) mass is 401 g/mol. The average Bonchev–Trinajstić information content (AvgIpc) is 2.70. The van der Waals surface area contributed by atoms with E-state index in [0.29, 0.717) is 12.3 Å². The Labute approximate surface area is 170 Å². The standard InChI is InChI=1S/C22H27NO6/c1-23(2)14-20(29-22(26)12-11-21(24)25)15-28-19-6-4-5-17(13-19)16-7-9-18(27-3)10-8-16/h4-10,13,20H,11-12,14-15H2,1-3H3,(H,24,25). The summed E-state index contributed by atoms with van der Waals surface area (Å²) < 4.78 is 16.4. The number of nitrogens with zero attached hydrogens (tertiary/aromatic N) is 1. The number of likely N-dealkylation sites (N-methyl/N-ethyl adjacent to an activating group) is 1. The van der Waals surface area contributed by atoms with Crippen LogP contribution in [-0.4, -0.2) is 62.4 Å². The van der Waals surface area contributed by atoms with E-state index < -0.39 is 18.0 Å². The highest BCUT2D eigenvalue weighted by atomic mass is 16.6. The minimum Gasteiger partial charge on any atom is -0.497 e. The molecule has 0 aromatic heterocycles. The lowest BCUT2D eigenvalue weighted by Crippen LogP contribution is -2.35. The van der Waals surface area contributed by atoms with Gasteiger partial charge in [-0.15, -0.1) is 0 Å². The first-order valence-corrected chi connectivity index (χ1v) is 9.30. The Bertz CT molecular complexity index is 803. The lowest BCUT2D eigenvalue weighted by Gasteiger charge is -2.22. The first-order valence-electron chi connectivity index (χ1n) is 9.30.